The van der Waals surface area contributed by atoms with Crippen LogP contribution in [0.25, 0.3) is 0 Å². The van der Waals surface area contributed by atoms with Crippen molar-refractivity contribution in [3.05, 3.63) is 41.3 Å². The molecule has 0 radical (unpaired) electrons. The molecule has 1 aromatic heterocycles. The molecule has 0 N–H and O–H groups in total. The molecule has 11 heteroatoms. The van der Waals surface area contributed by atoms with Crippen LogP contribution in [-0.4, -0.2) is 78.5 Å². The third-order valence-electron chi connectivity index (χ3n) is 6.90. The van der Waals surface area contributed by atoms with Crippen LogP contribution in [-0.2, 0) is 10.9 Å². The Balaban J connectivity index is 1.39. The van der Waals surface area contributed by atoms with Crippen LogP contribution >= 0.6 is 0 Å². The Labute approximate surface area is 195 Å². The van der Waals surface area contributed by atoms with E-state index in [0.29, 0.717) is 63.7 Å². The van der Waals surface area contributed by atoms with Crippen molar-refractivity contribution in [1.29, 1.82) is 0 Å². The van der Waals surface area contributed by atoms with Crippen molar-refractivity contribution >= 4 is 12.0 Å². The summed E-state index contributed by atoms with van der Waals surface area (Å²) in [5.74, 6) is 0.626. The molecule has 1 aromatic carbocycles. The number of piperidine rings is 1. The van der Waals surface area contributed by atoms with E-state index in [-0.39, 0.29) is 17.9 Å². The number of halogens is 3. The molecule has 3 fully saturated rings. The predicted molar refractivity (Wildman–Crippen MR) is 117 cm³/mol. The second-order valence-corrected chi connectivity index (χ2v) is 9.31. The van der Waals surface area contributed by atoms with Gasteiger partial charge in [-0.15, -0.1) is 0 Å². The summed E-state index contributed by atoms with van der Waals surface area (Å²) in [4.78, 5) is 23.4. The highest BCUT2D eigenvalue weighted by Crippen LogP contribution is 2.38. The van der Waals surface area contributed by atoms with Crippen LogP contribution in [0.3, 0.4) is 0 Å². The second kappa shape index (κ2) is 9.09. The number of rotatable bonds is 4. The molecule has 34 heavy (non-hydrogen) atoms. The number of nitrogens with zero attached hydrogens (tertiary/aromatic N) is 5. The number of urea groups is 1. The van der Waals surface area contributed by atoms with Crippen LogP contribution in [0.2, 0.25) is 0 Å². The van der Waals surface area contributed by atoms with E-state index in [1.54, 1.807) is 9.80 Å². The van der Waals surface area contributed by atoms with E-state index in [1.807, 2.05) is 11.9 Å². The van der Waals surface area contributed by atoms with E-state index in [1.165, 1.54) is 12.1 Å². The number of carbonyl (C=O) groups is 1. The van der Waals surface area contributed by atoms with E-state index in [4.69, 9.17) is 9.26 Å². The number of anilines is 1. The lowest BCUT2D eigenvalue weighted by atomic mass is 9.84. The van der Waals surface area contributed by atoms with E-state index < -0.39 is 11.7 Å². The lowest BCUT2D eigenvalue weighted by Crippen LogP contribution is -2.52. The van der Waals surface area contributed by atoms with Crippen LogP contribution in [0, 0.1) is 0 Å². The third kappa shape index (κ3) is 4.84. The first kappa shape index (κ1) is 22.9. The maximum absolute atomic E-state index is 13.3. The van der Waals surface area contributed by atoms with Gasteiger partial charge >= 0.3 is 12.2 Å². The van der Waals surface area contributed by atoms with E-state index in [0.717, 1.165) is 30.5 Å². The molecular weight excluding hydrogens is 451 g/mol. The van der Waals surface area contributed by atoms with Crippen LogP contribution in [0.15, 0.2) is 28.8 Å². The van der Waals surface area contributed by atoms with Gasteiger partial charge in [-0.25, -0.2) is 4.79 Å². The third-order valence-corrected chi connectivity index (χ3v) is 6.90. The largest absolute Gasteiger partial charge is 0.416 e. The van der Waals surface area contributed by atoms with Gasteiger partial charge in [-0.05, 0) is 42.1 Å². The van der Waals surface area contributed by atoms with Gasteiger partial charge < -0.3 is 24.0 Å². The highest BCUT2D eigenvalue weighted by molar-refractivity contribution is 5.75. The highest BCUT2D eigenvalue weighted by Gasteiger charge is 2.38. The van der Waals surface area contributed by atoms with E-state index in [9.17, 15) is 18.0 Å². The van der Waals surface area contributed by atoms with Gasteiger partial charge in [-0.3, -0.25) is 0 Å². The first-order valence-electron chi connectivity index (χ1n) is 11.6. The summed E-state index contributed by atoms with van der Waals surface area (Å²) in [6.45, 7) is 2.85. The fraction of sp³-hybridized carbons (Fsp3) is 0.609. The molecule has 3 aliphatic rings. The molecule has 2 amide bonds. The molecule has 5 rings (SSSR count). The fourth-order valence-corrected chi connectivity index (χ4v) is 4.74. The standard InChI is InChI=1S/C23H28F3N5O3/c1-29(19-6-7-19)21-27-20(34-28-21)17-12-16(15-2-4-18(5-3-15)23(24,25)26)13-31(14-17)22(32)30-8-10-33-11-9-30/h2-5,16-17,19H,6-14H2,1H3. The average Bonchev–Trinajstić information content (AvgIpc) is 3.59. The normalized spacial score (nSPS) is 23.8. The van der Waals surface area contributed by atoms with Crippen molar-refractivity contribution in [3.8, 4) is 0 Å². The molecule has 2 saturated heterocycles. The lowest BCUT2D eigenvalue weighted by Gasteiger charge is -2.40. The first-order chi connectivity index (χ1) is 16.3. The zero-order valence-electron chi connectivity index (χ0n) is 19.0. The molecular formula is C23H28F3N5O3. The number of hydrogen-bond acceptors (Lipinski definition) is 6. The molecule has 184 valence electrons. The monoisotopic (exact) mass is 479 g/mol. The van der Waals surface area contributed by atoms with Gasteiger partial charge in [0.1, 0.15) is 0 Å². The molecule has 2 atom stereocenters. The Morgan fingerprint density at radius 2 is 1.74 bits per heavy atom. The van der Waals surface area contributed by atoms with Crippen LogP contribution in [0.4, 0.5) is 23.9 Å². The number of carbonyl (C=O) groups excluding carboxylic acids is 1. The van der Waals surface area contributed by atoms with Crippen molar-refractivity contribution in [3.63, 3.8) is 0 Å². The molecule has 0 bridgehead atoms. The average molecular weight is 480 g/mol. The number of benzene rings is 1. The summed E-state index contributed by atoms with van der Waals surface area (Å²) in [6.07, 6.45) is -1.59. The molecule has 1 aliphatic carbocycles. The summed E-state index contributed by atoms with van der Waals surface area (Å²) in [5.41, 5.74) is 0.0711. The van der Waals surface area contributed by atoms with Crippen molar-refractivity contribution in [2.75, 3.05) is 51.3 Å². The number of morpholine rings is 1. The minimum Gasteiger partial charge on any atom is -0.378 e. The summed E-state index contributed by atoms with van der Waals surface area (Å²) < 4.78 is 50.1. The van der Waals surface area contributed by atoms with Crippen LogP contribution < -0.4 is 4.90 Å². The summed E-state index contributed by atoms with van der Waals surface area (Å²) in [6, 6.07) is 5.54. The first-order valence-corrected chi connectivity index (χ1v) is 11.6. The maximum atomic E-state index is 13.3. The van der Waals surface area contributed by atoms with Crippen molar-refractivity contribution < 1.29 is 27.2 Å². The lowest BCUT2D eigenvalue weighted by molar-refractivity contribution is -0.137. The number of hydrogen-bond donors (Lipinski definition) is 0. The quantitative estimate of drug-likeness (QED) is 0.666. The summed E-state index contributed by atoms with van der Waals surface area (Å²) in [7, 11) is 1.94. The maximum Gasteiger partial charge on any atom is 0.416 e. The molecule has 2 aliphatic heterocycles. The molecule has 8 nitrogen and oxygen atoms in total. The van der Waals surface area contributed by atoms with Gasteiger partial charge in [-0.2, -0.15) is 18.2 Å². The number of likely N-dealkylation sites (tertiary alicyclic amines) is 1. The van der Waals surface area contributed by atoms with Gasteiger partial charge in [0, 0.05) is 45.2 Å². The van der Waals surface area contributed by atoms with Crippen LogP contribution in [0.5, 0.6) is 0 Å². The predicted octanol–water partition coefficient (Wildman–Crippen LogP) is 3.71. The minimum absolute atomic E-state index is 0.0975. The van der Waals surface area contributed by atoms with Crippen LogP contribution in [0.1, 0.15) is 48.1 Å². The smallest absolute Gasteiger partial charge is 0.378 e. The molecule has 2 unspecified atom stereocenters. The van der Waals surface area contributed by atoms with Gasteiger partial charge in [0.05, 0.1) is 24.7 Å². The van der Waals surface area contributed by atoms with Gasteiger partial charge in [0.25, 0.3) is 5.95 Å². The second-order valence-electron chi connectivity index (χ2n) is 9.31. The van der Waals surface area contributed by atoms with Gasteiger partial charge in [0.15, 0.2) is 0 Å². The zero-order chi connectivity index (χ0) is 23.9. The van der Waals surface area contributed by atoms with Crippen molar-refractivity contribution in [1.82, 2.24) is 19.9 Å². The Morgan fingerprint density at radius 1 is 1.06 bits per heavy atom. The SMILES string of the molecule is CN(c1noc(C2CC(c3ccc(C(F)(F)F)cc3)CN(C(=O)N3CCOCC3)C2)n1)C1CC1. The van der Waals surface area contributed by atoms with Crippen molar-refractivity contribution in [2.45, 2.75) is 43.3 Å². The Kier molecular flexibility index (Phi) is 6.13. The van der Waals surface area contributed by atoms with Crippen molar-refractivity contribution in [2.24, 2.45) is 0 Å². The minimum atomic E-state index is -4.39. The number of amides is 2. The zero-order valence-corrected chi connectivity index (χ0v) is 19.0. The van der Waals surface area contributed by atoms with Gasteiger partial charge in [-0.1, -0.05) is 12.1 Å². The number of alkyl halides is 3. The molecule has 3 heterocycles. The Bertz CT molecular complexity index is 1000. The van der Waals surface area contributed by atoms with Gasteiger partial charge in [0.2, 0.25) is 5.89 Å². The molecule has 2 aromatic rings. The topological polar surface area (TPSA) is 74.9 Å². The highest BCUT2D eigenvalue weighted by atomic mass is 19.4. The Hall–Kier alpha value is -2.82. The summed E-state index contributed by atoms with van der Waals surface area (Å²) >= 11 is 0. The number of ether oxygens (including phenoxy) is 1. The molecule has 0 spiro atoms. The number of aromatic nitrogens is 2. The fourth-order valence-electron chi connectivity index (χ4n) is 4.74. The van der Waals surface area contributed by atoms with E-state index in [2.05, 4.69) is 10.1 Å². The molecule has 1 saturated carbocycles. The Morgan fingerprint density at radius 3 is 2.38 bits per heavy atom. The van der Waals surface area contributed by atoms with E-state index >= 15 is 0 Å². The summed E-state index contributed by atoms with van der Waals surface area (Å²) in [5, 5.41) is 4.13.